The standard InChI is InChI=1S/C17H36N4.HI/c1-5-6-7-10-19-17(18-4)20-12-16-9-8-11-21(14-16)13-15(2)3;/h15-16H,5-14H2,1-4H3,(H2,18,19,20);1H. The van der Waals surface area contributed by atoms with Gasteiger partial charge in [0.2, 0.25) is 0 Å². The molecule has 0 aromatic heterocycles. The summed E-state index contributed by atoms with van der Waals surface area (Å²) >= 11 is 0. The average Bonchev–Trinajstić information content (AvgIpc) is 2.46. The van der Waals surface area contributed by atoms with Gasteiger partial charge < -0.3 is 15.5 Å². The van der Waals surface area contributed by atoms with Gasteiger partial charge >= 0.3 is 0 Å². The topological polar surface area (TPSA) is 39.7 Å². The van der Waals surface area contributed by atoms with Crippen molar-refractivity contribution in [3.05, 3.63) is 0 Å². The number of nitrogens with one attached hydrogen (secondary N) is 2. The lowest BCUT2D eigenvalue weighted by atomic mass is 9.97. The Morgan fingerprint density at radius 3 is 2.68 bits per heavy atom. The normalized spacial score (nSPS) is 19.9. The second kappa shape index (κ2) is 13.4. The van der Waals surface area contributed by atoms with Gasteiger partial charge in [-0.2, -0.15) is 0 Å². The maximum absolute atomic E-state index is 4.32. The molecule has 1 unspecified atom stereocenters. The van der Waals surface area contributed by atoms with Crippen molar-refractivity contribution < 1.29 is 0 Å². The molecule has 1 atom stereocenters. The highest BCUT2D eigenvalue weighted by Crippen LogP contribution is 2.16. The van der Waals surface area contributed by atoms with Gasteiger partial charge in [0.25, 0.3) is 0 Å². The third-order valence-electron chi connectivity index (χ3n) is 4.08. The lowest BCUT2D eigenvalue weighted by Gasteiger charge is -2.34. The fourth-order valence-electron chi connectivity index (χ4n) is 3.04. The second-order valence-corrected chi connectivity index (χ2v) is 6.75. The number of piperidine rings is 1. The van der Waals surface area contributed by atoms with E-state index in [1.165, 1.54) is 51.7 Å². The van der Waals surface area contributed by atoms with Crippen LogP contribution in [-0.2, 0) is 0 Å². The van der Waals surface area contributed by atoms with Crippen molar-refractivity contribution in [3.8, 4) is 0 Å². The Labute approximate surface area is 154 Å². The van der Waals surface area contributed by atoms with Crippen molar-refractivity contribution in [3.63, 3.8) is 0 Å². The minimum absolute atomic E-state index is 0. The third-order valence-corrected chi connectivity index (χ3v) is 4.08. The number of hydrogen-bond acceptors (Lipinski definition) is 2. The van der Waals surface area contributed by atoms with E-state index in [1.54, 1.807) is 0 Å². The molecule has 0 spiro atoms. The molecule has 0 radical (unpaired) electrons. The molecule has 1 heterocycles. The van der Waals surface area contributed by atoms with Crippen LogP contribution in [0.2, 0.25) is 0 Å². The van der Waals surface area contributed by atoms with E-state index in [0.29, 0.717) is 0 Å². The minimum atomic E-state index is 0. The zero-order valence-corrected chi connectivity index (χ0v) is 17.4. The highest BCUT2D eigenvalue weighted by molar-refractivity contribution is 14.0. The van der Waals surface area contributed by atoms with Crippen molar-refractivity contribution >= 4 is 29.9 Å². The monoisotopic (exact) mass is 424 g/mol. The summed E-state index contributed by atoms with van der Waals surface area (Å²) in [5.74, 6) is 2.49. The largest absolute Gasteiger partial charge is 0.356 e. The van der Waals surface area contributed by atoms with Gasteiger partial charge in [-0.05, 0) is 37.6 Å². The molecule has 5 heteroatoms. The van der Waals surface area contributed by atoms with Gasteiger partial charge in [-0.1, -0.05) is 33.6 Å². The molecule has 1 aliphatic heterocycles. The molecule has 0 bridgehead atoms. The number of aliphatic imine (C=N–C) groups is 1. The Kier molecular flexibility index (Phi) is 13.4. The Bertz CT molecular complexity index is 294. The first-order chi connectivity index (χ1) is 10.2. The minimum Gasteiger partial charge on any atom is -0.356 e. The van der Waals surface area contributed by atoms with E-state index >= 15 is 0 Å². The average molecular weight is 424 g/mol. The lowest BCUT2D eigenvalue weighted by Crippen LogP contribution is -2.45. The van der Waals surface area contributed by atoms with E-state index < -0.39 is 0 Å². The predicted octanol–water partition coefficient (Wildman–Crippen LogP) is 3.33. The van der Waals surface area contributed by atoms with Gasteiger partial charge in [0.15, 0.2) is 5.96 Å². The van der Waals surface area contributed by atoms with Crippen LogP contribution in [0.25, 0.3) is 0 Å². The number of unbranched alkanes of at least 4 members (excludes halogenated alkanes) is 2. The van der Waals surface area contributed by atoms with Crippen LogP contribution in [0.1, 0.15) is 52.9 Å². The molecule has 1 rings (SSSR count). The number of halogens is 1. The molecule has 0 saturated carbocycles. The molecule has 0 aromatic carbocycles. The van der Waals surface area contributed by atoms with Gasteiger partial charge in [-0.25, -0.2) is 0 Å². The van der Waals surface area contributed by atoms with Gasteiger partial charge in [0.1, 0.15) is 0 Å². The fourth-order valence-corrected chi connectivity index (χ4v) is 3.04. The van der Waals surface area contributed by atoms with Gasteiger partial charge in [-0.15, -0.1) is 24.0 Å². The summed E-state index contributed by atoms with van der Waals surface area (Å²) in [5, 5.41) is 6.91. The van der Waals surface area contributed by atoms with E-state index in [0.717, 1.165) is 30.9 Å². The zero-order chi connectivity index (χ0) is 15.5. The summed E-state index contributed by atoms with van der Waals surface area (Å²) in [6.45, 7) is 12.7. The molecule has 1 saturated heterocycles. The molecule has 4 nitrogen and oxygen atoms in total. The summed E-state index contributed by atoms with van der Waals surface area (Å²) in [5.41, 5.74) is 0. The summed E-state index contributed by atoms with van der Waals surface area (Å²) in [6, 6.07) is 0. The first kappa shape index (κ1) is 22.0. The summed E-state index contributed by atoms with van der Waals surface area (Å²) in [6.07, 6.45) is 6.46. The molecule has 22 heavy (non-hydrogen) atoms. The molecule has 132 valence electrons. The Morgan fingerprint density at radius 2 is 2.05 bits per heavy atom. The van der Waals surface area contributed by atoms with E-state index in [2.05, 4.69) is 41.3 Å². The number of rotatable bonds is 8. The van der Waals surface area contributed by atoms with E-state index in [4.69, 9.17) is 0 Å². The smallest absolute Gasteiger partial charge is 0.190 e. The molecular weight excluding hydrogens is 387 g/mol. The van der Waals surface area contributed by atoms with Crippen LogP contribution in [-0.4, -0.2) is 50.6 Å². The van der Waals surface area contributed by atoms with Gasteiger partial charge in [0, 0.05) is 33.2 Å². The van der Waals surface area contributed by atoms with Crippen molar-refractivity contribution in [2.45, 2.75) is 52.9 Å². The van der Waals surface area contributed by atoms with Crippen LogP contribution >= 0.6 is 24.0 Å². The van der Waals surface area contributed by atoms with Crippen LogP contribution in [0.5, 0.6) is 0 Å². The van der Waals surface area contributed by atoms with Crippen LogP contribution in [0.4, 0.5) is 0 Å². The first-order valence-corrected chi connectivity index (χ1v) is 8.82. The lowest BCUT2D eigenvalue weighted by molar-refractivity contribution is 0.159. The molecule has 1 aliphatic rings. The van der Waals surface area contributed by atoms with Gasteiger partial charge in [-0.3, -0.25) is 4.99 Å². The molecule has 0 aromatic rings. The Hall–Kier alpha value is -0.0400. The maximum Gasteiger partial charge on any atom is 0.190 e. The fraction of sp³-hybridized carbons (Fsp3) is 0.941. The Morgan fingerprint density at radius 1 is 1.27 bits per heavy atom. The quantitative estimate of drug-likeness (QED) is 0.272. The van der Waals surface area contributed by atoms with E-state index in [9.17, 15) is 0 Å². The summed E-state index contributed by atoms with van der Waals surface area (Å²) < 4.78 is 0. The summed E-state index contributed by atoms with van der Waals surface area (Å²) in [4.78, 5) is 6.94. The third kappa shape index (κ3) is 9.87. The first-order valence-electron chi connectivity index (χ1n) is 8.82. The predicted molar refractivity (Wildman–Crippen MR) is 108 cm³/mol. The maximum atomic E-state index is 4.32. The van der Waals surface area contributed by atoms with E-state index in [-0.39, 0.29) is 24.0 Å². The van der Waals surface area contributed by atoms with Crippen LogP contribution in [0.3, 0.4) is 0 Å². The second-order valence-electron chi connectivity index (χ2n) is 6.75. The molecule has 0 aliphatic carbocycles. The van der Waals surface area contributed by atoms with E-state index in [1.807, 2.05) is 7.05 Å². The SMILES string of the molecule is CCCCCNC(=NC)NCC1CCCN(CC(C)C)C1.I. The molecular formula is C17H37IN4. The summed E-state index contributed by atoms with van der Waals surface area (Å²) in [7, 11) is 1.86. The highest BCUT2D eigenvalue weighted by atomic mass is 127. The molecule has 0 amide bonds. The van der Waals surface area contributed by atoms with Crippen molar-refractivity contribution in [1.82, 2.24) is 15.5 Å². The number of nitrogens with zero attached hydrogens (tertiary/aromatic N) is 2. The Balaban J connectivity index is 0.00000441. The zero-order valence-electron chi connectivity index (χ0n) is 15.0. The van der Waals surface area contributed by atoms with Crippen molar-refractivity contribution in [1.29, 1.82) is 0 Å². The molecule has 1 fully saturated rings. The van der Waals surface area contributed by atoms with Crippen molar-refractivity contribution in [2.24, 2.45) is 16.8 Å². The highest BCUT2D eigenvalue weighted by Gasteiger charge is 2.20. The van der Waals surface area contributed by atoms with Gasteiger partial charge in [0.05, 0.1) is 0 Å². The van der Waals surface area contributed by atoms with Crippen LogP contribution < -0.4 is 10.6 Å². The van der Waals surface area contributed by atoms with Crippen LogP contribution in [0, 0.1) is 11.8 Å². The van der Waals surface area contributed by atoms with Crippen LogP contribution in [0.15, 0.2) is 4.99 Å². The molecule has 2 N–H and O–H groups in total. The van der Waals surface area contributed by atoms with Crippen molar-refractivity contribution in [2.75, 3.05) is 39.8 Å². The number of likely N-dealkylation sites (tertiary alicyclic amines) is 1. The number of hydrogen-bond donors (Lipinski definition) is 2. The number of guanidine groups is 1.